The van der Waals surface area contributed by atoms with Crippen LogP contribution in [0.25, 0.3) is 21.5 Å². The summed E-state index contributed by atoms with van der Waals surface area (Å²) in [6.07, 6.45) is -1.58. The number of carbonyl (C=O) groups is 1. The first-order valence-electron chi connectivity index (χ1n) is 12.6. The fourth-order valence-corrected chi connectivity index (χ4v) is 5.76. The Hall–Kier alpha value is -3.33. The van der Waals surface area contributed by atoms with E-state index in [4.69, 9.17) is 9.72 Å². The third-order valence-corrected chi connectivity index (χ3v) is 7.73. The van der Waals surface area contributed by atoms with Crippen LogP contribution in [-0.4, -0.2) is 27.2 Å². The minimum Gasteiger partial charge on any atom is -0.493 e. The van der Waals surface area contributed by atoms with Crippen LogP contribution in [0.5, 0.6) is 5.75 Å². The van der Waals surface area contributed by atoms with Crippen molar-refractivity contribution in [1.82, 2.24) is 9.55 Å². The maximum Gasteiger partial charge on any atom is 0.416 e. The second kappa shape index (κ2) is 11.2. The van der Waals surface area contributed by atoms with E-state index in [0.29, 0.717) is 22.9 Å². The third kappa shape index (κ3) is 6.04. The van der Waals surface area contributed by atoms with E-state index >= 15 is 0 Å². The number of halogens is 3. The SMILES string of the molecule is CCCn1cc(CC(=O)O)c2ccc(OCC(C)c3sc(-c4ccc(C(F)(F)F)cc4)nc3C(C)C)cc21. The molecule has 0 aliphatic carbocycles. The summed E-state index contributed by atoms with van der Waals surface area (Å²) in [5.74, 6) is -0.0156. The molecular formula is C29H31F3N2O3S. The van der Waals surface area contributed by atoms with E-state index in [1.165, 1.54) is 23.5 Å². The number of carboxylic acid groups (broad SMARTS) is 1. The molecule has 38 heavy (non-hydrogen) atoms. The lowest BCUT2D eigenvalue weighted by Gasteiger charge is -2.15. The molecular weight excluding hydrogens is 513 g/mol. The van der Waals surface area contributed by atoms with Gasteiger partial charge in [-0.1, -0.05) is 39.8 Å². The lowest BCUT2D eigenvalue weighted by atomic mass is 10.0. The number of fused-ring (bicyclic) bond motifs is 1. The number of aromatic nitrogens is 2. The van der Waals surface area contributed by atoms with Gasteiger partial charge >= 0.3 is 12.1 Å². The Morgan fingerprint density at radius 1 is 1.13 bits per heavy atom. The van der Waals surface area contributed by atoms with Crippen LogP contribution in [0.1, 0.15) is 67.6 Å². The lowest BCUT2D eigenvalue weighted by molar-refractivity contribution is -0.138. The van der Waals surface area contributed by atoms with E-state index in [0.717, 1.165) is 52.1 Å². The molecule has 0 radical (unpaired) electrons. The quantitative estimate of drug-likeness (QED) is 0.219. The molecule has 0 amide bonds. The van der Waals surface area contributed by atoms with E-state index < -0.39 is 17.7 Å². The van der Waals surface area contributed by atoms with Crippen molar-refractivity contribution in [1.29, 1.82) is 0 Å². The number of hydrogen-bond acceptors (Lipinski definition) is 4. The minimum absolute atomic E-state index is 0.00814. The molecule has 9 heteroatoms. The summed E-state index contributed by atoms with van der Waals surface area (Å²) >= 11 is 1.49. The molecule has 202 valence electrons. The van der Waals surface area contributed by atoms with Crippen LogP contribution in [0.15, 0.2) is 48.7 Å². The Labute approximate surface area is 223 Å². The molecule has 0 aliphatic heterocycles. The Morgan fingerprint density at radius 2 is 1.84 bits per heavy atom. The maximum atomic E-state index is 13.0. The summed E-state index contributed by atoms with van der Waals surface area (Å²) in [6, 6.07) is 10.8. The zero-order chi connectivity index (χ0) is 27.6. The van der Waals surface area contributed by atoms with Crippen LogP contribution in [0.3, 0.4) is 0 Å². The molecule has 0 saturated carbocycles. The summed E-state index contributed by atoms with van der Waals surface area (Å²) in [6.45, 7) is 9.41. The number of aliphatic carboxylic acids is 1. The van der Waals surface area contributed by atoms with Gasteiger partial charge < -0.3 is 14.4 Å². The van der Waals surface area contributed by atoms with E-state index in [1.54, 1.807) is 0 Å². The molecule has 0 bridgehead atoms. The van der Waals surface area contributed by atoms with Crippen LogP contribution in [0.4, 0.5) is 13.2 Å². The number of benzene rings is 2. The van der Waals surface area contributed by atoms with Gasteiger partial charge in [-0.3, -0.25) is 4.79 Å². The highest BCUT2D eigenvalue weighted by atomic mass is 32.1. The summed E-state index contributed by atoms with van der Waals surface area (Å²) in [5.41, 5.74) is 2.62. The van der Waals surface area contributed by atoms with Crippen molar-refractivity contribution in [3.63, 3.8) is 0 Å². The van der Waals surface area contributed by atoms with Crippen LogP contribution >= 0.6 is 11.3 Å². The van der Waals surface area contributed by atoms with Gasteiger partial charge in [0.05, 0.1) is 29.8 Å². The number of aryl methyl sites for hydroxylation is 1. The Kier molecular flexibility index (Phi) is 8.16. The molecule has 0 fully saturated rings. The number of rotatable bonds is 10. The van der Waals surface area contributed by atoms with Crippen LogP contribution in [0, 0.1) is 0 Å². The molecule has 5 nitrogen and oxygen atoms in total. The van der Waals surface area contributed by atoms with Crippen LogP contribution in [0.2, 0.25) is 0 Å². The molecule has 1 atom stereocenters. The first-order valence-corrected chi connectivity index (χ1v) is 13.4. The second-order valence-corrected chi connectivity index (χ2v) is 10.8. The van der Waals surface area contributed by atoms with Gasteiger partial charge in [0.1, 0.15) is 10.8 Å². The van der Waals surface area contributed by atoms with Gasteiger partial charge in [-0.05, 0) is 42.2 Å². The molecule has 0 spiro atoms. The van der Waals surface area contributed by atoms with Gasteiger partial charge in [0.15, 0.2) is 0 Å². The average molecular weight is 545 g/mol. The molecule has 4 aromatic rings. The van der Waals surface area contributed by atoms with E-state index in [-0.39, 0.29) is 18.3 Å². The normalized spacial score (nSPS) is 12.8. The van der Waals surface area contributed by atoms with Gasteiger partial charge in [0.2, 0.25) is 0 Å². The number of thiazole rings is 1. The van der Waals surface area contributed by atoms with E-state index in [9.17, 15) is 23.1 Å². The van der Waals surface area contributed by atoms with Crippen molar-refractivity contribution in [3.05, 3.63) is 70.4 Å². The molecule has 2 aromatic heterocycles. The maximum absolute atomic E-state index is 13.0. The van der Waals surface area contributed by atoms with Gasteiger partial charge in [0.25, 0.3) is 0 Å². The molecule has 2 aromatic carbocycles. The predicted molar refractivity (Wildman–Crippen MR) is 144 cm³/mol. The van der Waals surface area contributed by atoms with Crippen molar-refractivity contribution in [3.8, 4) is 16.3 Å². The lowest BCUT2D eigenvalue weighted by Crippen LogP contribution is -2.08. The topological polar surface area (TPSA) is 64.4 Å². The molecule has 2 heterocycles. The first kappa shape index (κ1) is 27.7. The monoisotopic (exact) mass is 544 g/mol. The van der Waals surface area contributed by atoms with Crippen LogP contribution in [-0.2, 0) is 23.9 Å². The van der Waals surface area contributed by atoms with Crippen molar-refractivity contribution < 1.29 is 27.8 Å². The largest absolute Gasteiger partial charge is 0.493 e. The highest BCUT2D eigenvalue weighted by molar-refractivity contribution is 7.15. The smallest absolute Gasteiger partial charge is 0.416 e. The molecule has 1 N–H and O–H groups in total. The molecule has 1 unspecified atom stereocenters. The fraction of sp³-hybridized carbons (Fsp3) is 0.379. The minimum atomic E-state index is -4.37. The Balaban J connectivity index is 1.55. The van der Waals surface area contributed by atoms with Crippen molar-refractivity contribution in [2.24, 2.45) is 0 Å². The number of nitrogens with zero attached hydrogens (tertiary/aromatic N) is 2. The third-order valence-electron chi connectivity index (χ3n) is 6.38. The van der Waals surface area contributed by atoms with Gasteiger partial charge in [-0.2, -0.15) is 13.2 Å². The van der Waals surface area contributed by atoms with E-state index in [2.05, 4.69) is 18.4 Å². The van der Waals surface area contributed by atoms with Gasteiger partial charge in [-0.15, -0.1) is 11.3 Å². The summed E-state index contributed by atoms with van der Waals surface area (Å²) in [7, 11) is 0. The zero-order valence-corrected chi connectivity index (χ0v) is 22.6. The fourth-order valence-electron chi connectivity index (χ4n) is 4.50. The van der Waals surface area contributed by atoms with Crippen molar-refractivity contribution >= 4 is 28.2 Å². The Morgan fingerprint density at radius 3 is 2.45 bits per heavy atom. The number of alkyl halides is 3. The van der Waals surface area contributed by atoms with E-state index in [1.807, 2.05) is 38.2 Å². The van der Waals surface area contributed by atoms with Crippen LogP contribution < -0.4 is 4.74 Å². The zero-order valence-electron chi connectivity index (χ0n) is 21.8. The molecule has 0 saturated heterocycles. The predicted octanol–water partition coefficient (Wildman–Crippen LogP) is 8.13. The van der Waals surface area contributed by atoms with Crippen molar-refractivity contribution in [2.45, 2.75) is 65.1 Å². The molecule has 4 rings (SSSR count). The number of ether oxygens (including phenoxy) is 1. The standard InChI is InChI=1S/C29H31F3N2O3S/c1-5-12-34-15-20(13-25(35)36)23-11-10-22(14-24(23)34)37-16-18(4)27-26(17(2)3)33-28(38-27)19-6-8-21(9-7-19)29(30,31)32/h6-11,14-15,17-18H,5,12-13,16H2,1-4H3,(H,35,36). The number of hydrogen-bond donors (Lipinski definition) is 1. The first-order chi connectivity index (χ1) is 18.0. The second-order valence-electron chi connectivity index (χ2n) is 9.81. The van der Waals surface area contributed by atoms with Gasteiger partial charge in [-0.25, -0.2) is 4.98 Å². The van der Waals surface area contributed by atoms with Crippen molar-refractivity contribution in [2.75, 3.05) is 6.61 Å². The number of carboxylic acids is 1. The average Bonchev–Trinajstić information content (AvgIpc) is 3.45. The Bertz CT molecular complexity index is 1420. The summed E-state index contributed by atoms with van der Waals surface area (Å²) in [4.78, 5) is 17.1. The highest BCUT2D eigenvalue weighted by Gasteiger charge is 2.30. The van der Waals surface area contributed by atoms with Gasteiger partial charge in [0, 0.05) is 40.6 Å². The summed E-state index contributed by atoms with van der Waals surface area (Å²) < 4.78 is 47.2. The molecule has 0 aliphatic rings. The summed E-state index contributed by atoms with van der Waals surface area (Å²) in [5, 5.41) is 10.9. The highest BCUT2D eigenvalue weighted by Crippen LogP contribution is 2.38.